The lowest BCUT2D eigenvalue weighted by atomic mass is 10.0. The van der Waals surface area contributed by atoms with E-state index in [9.17, 15) is 19.8 Å². The Morgan fingerprint density at radius 3 is 1.20 bits per heavy atom. The van der Waals surface area contributed by atoms with Crippen molar-refractivity contribution in [2.24, 2.45) is 0 Å². The lowest BCUT2D eigenvalue weighted by Gasteiger charge is -2.24. The van der Waals surface area contributed by atoms with Crippen LogP contribution in [0.5, 0.6) is 0 Å². The van der Waals surface area contributed by atoms with Crippen LogP contribution in [0.1, 0.15) is 252 Å². The van der Waals surface area contributed by atoms with E-state index >= 15 is 0 Å². The predicted octanol–water partition coefficient (Wildman–Crippen LogP) is 12.8. The van der Waals surface area contributed by atoms with Crippen LogP contribution in [-0.4, -0.2) is 46.9 Å². The Bertz CT molecular complexity index is 731. The van der Waals surface area contributed by atoms with E-state index in [1.807, 2.05) is 0 Å². The summed E-state index contributed by atoms with van der Waals surface area (Å²) in [6, 6.07) is -0.689. The van der Waals surface area contributed by atoms with E-state index in [-0.39, 0.29) is 24.9 Å². The van der Waals surface area contributed by atoms with E-state index in [0.717, 1.165) is 44.9 Å². The number of rotatable bonds is 41. The van der Waals surface area contributed by atoms with Crippen LogP contribution in [0.25, 0.3) is 0 Å². The van der Waals surface area contributed by atoms with Crippen molar-refractivity contribution < 1.29 is 24.5 Å². The maximum atomic E-state index is 13.1. The molecule has 3 unspecified atom stereocenters. The van der Waals surface area contributed by atoms with Gasteiger partial charge in [-0.15, -0.1) is 0 Å². The molecule has 0 heterocycles. The third-order valence-electron chi connectivity index (χ3n) is 10.7. The van der Waals surface area contributed by atoms with Gasteiger partial charge in [0.05, 0.1) is 25.2 Å². The summed E-state index contributed by atoms with van der Waals surface area (Å²) in [6.07, 6.45) is 40.1. The minimum absolute atomic E-state index is 0.0864. The fraction of sp³-hybridized carbons (Fsp3) is 0.956. The van der Waals surface area contributed by atoms with Crippen molar-refractivity contribution in [1.29, 1.82) is 0 Å². The fourth-order valence-corrected chi connectivity index (χ4v) is 7.20. The molecule has 1 amide bonds. The minimum atomic E-state index is -0.776. The first-order valence-electron chi connectivity index (χ1n) is 22.8. The zero-order valence-corrected chi connectivity index (χ0v) is 34.5. The van der Waals surface area contributed by atoms with Crippen molar-refractivity contribution in [2.75, 3.05) is 6.61 Å². The van der Waals surface area contributed by atoms with Crippen molar-refractivity contribution >= 4 is 11.9 Å². The van der Waals surface area contributed by atoms with E-state index in [2.05, 4.69) is 26.1 Å². The van der Waals surface area contributed by atoms with E-state index in [1.54, 1.807) is 0 Å². The molecular formula is C45H89NO5. The number of carbonyl (C=O) groups excluding carboxylic acids is 2. The molecule has 0 spiro atoms. The molecule has 0 aromatic rings. The Hall–Kier alpha value is -1.14. The maximum Gasteiger partial charge on any atom is 0.306 e. The Balaban J connectivity index is 4.52. The predicted molar refractivity (Wildman–Crippen MR) is 218 cm³/mol. The summed E-state index contributed by atoms with van der Waals surface area (Å²) in [5, 5.41) is 23.6. The van der Waals surface area contributed by atoms with Crippen molar-refractivity contribution in [1.82, 2.24) is 5.32 Å². The summed E-state index contributed by atoms with van der Waals surface area (Å²) in [4.78, 5) is 25.9. The van der Waals surface area contributed by atoms with Crippen LogP contribution in [0.4, 0.5) is 0 Å². The molecule has 3 atom stereocenters. The summed E-state index contributed by atoms with van der Waals surface area (Å²) in [6.45, 7) is 6.46. The normalized spacial score (nSPS) is 13.3. The highest BCUT2D eigenvalue weighted by Crippen LogP contribution is 2.18. The molecule has 0 aromatic carbocycles. The second kappa shape index (κ2) is 40.1. The van der Waals surface area contributed by atoms with Gasteiger partial charge in [-0.05, 0) is 25.7 Å². The quantitative estimate of drug-likeness (QED) is 0.0431. The van der Waals surface area contributed by atoms with Crippen molar-refractivity contribution in [2.45, 2.75) is 270 Å². The molecule has 3 N–H and O–H groups in total. The Labute approximate surface area is 317 Å². The molecule has 0 aliphatic carbocycles. The molecule has 6 nitrogen and oxygen atoms in total. The van der Waals surface area contributed by atoms with E-state index in [0.29, 0.717) is 19.3 Å². The first kappa shape index (κ1) is 49.9. The van der Waals surface area contributed by atoms with Gasteiger partial charge >= 0.3 is 5.97 Å². The number of carbonyl (C=O) groups is 2. The largest absolute Gasteiger partial charge is 0.462 e. The van der Waals surface area contributed by atoms with Crippen molar-refractivity contribution in [3.05, 3.63) is 0 Å². The number of aliphatic hydroxyl groups is 2. The summed E-state index contributed by atoms with van der Waals surface area (Å²) in [5.41, 5.74) is 0. The van der Waals surface area contributed by atoms with Gasteiger partial charge in [0.25, 0.3) is 0 Å². The van der Waals surface area contributed by atoms with E-state index in [1.165, 1.54) is 161 Å². The summed E-state index contributed by atoms with van der Waals surface area (Å²) < 4.78 is 5.89. The van der Waals surface area contributed by atoms with Gasteiger partial charge < -0.3 is 20.3 Å². The van der Waals surface area contributed by atoms with Crippen LogP contribution in [0, 0.1) is 0 Å². The molecule has 51 heavy (non-hydrogen) atoms. The number of esters is 1. The zero-order valence-electron chi connectivity index (χ0n) is 34.5. The first-order chi connectivity index (χ1) is 25.0. The van der Waals surface area contributed by atoms with Crippen LogP contribution < -0.4 is 5.32 Å². The standard InChI is InChI=1S/C45H89NO5/c1-4-7-10-13-16-19-22-25-28-31-34-37-43(48)42(40-47)46-44(49)39-41(36-33-30-27-24-21-18-15-12-9-6-3)51-45(50)38-35-32-29-26-23-20-17-14-11-8-5-2/h41-43,47-48H,4-40H2,1-3H3,(H,46,49). The summed E-state index contributed by atoms with van der Waals surface area (Å²) in [7, 11) is 0. The number of ether oxygens (including phenoxy) is 1. The molecule has 0 saturated carbocycles. The van der Waals surface area contributed by atoms with Crippen LogP contribution in [0.3, 0.4) is 0 Å². The lowest BCUT2D eigenvalue weighted by molar-refractivity contribution is -0.151. The van der Waals surface area contributed by atoms with Crippen molar-refractivity contribution in [3.8, 4) is 0 Å². The number of hydrogen-bond donors (Lipinski definition) is 3. The van der Waals surface area contributed by atoms with Crippen LogP contribution >= 0.6 is 0 Å². The topological polar surface area (TPSA) is 95.9 Å². The SMILES string of the molecule is CCCCCCCCCCCCCC(=O)OC(CCCCCCCCCCCC)CC(=O)NC(CO)C(O)CCCCCCCCCCCCC. The highest BCUT2D eigenvalue weighted by Gasteiger charge is 2.24. The number of amides is 1. The molecule has 0 saturated heterocycles. The monoisotopic (exact) mass is 724 g/mol. The van der Waals surface area contributed by atoms with Gasteiger partial charge in [-0.25, -0.2) is 0 Å². The van der Waals surface area contributed by atoms with Gasteiger partial charge in [-0.2, -0.15) is 0 Å². The van der Waals surface area contributed by atoms with E-state index in [4.69, 9.17) is 4.74 Å². The van der Waals surface area contributed by atoms with Gasteiger partial charge in [-0.1, -0.05) is 213 Å². The van der Waals surface area contributed by atoms with Crippen LogP contribution in [0.2, 0.25) is 0 Å². The molecule has 304 valence electrons. The lowest BCUT2D eigenvalue weighted by Crippen LogP contribution is -2.46. The van der Waals surface area contributed by atoms with Crippen LogP contribution in [0.15, 0.2) is 0 Å². The average molecular weight is 724 g/mol. The molecule has 0 aliphatic heterocycles. The first-order valence-corrected chi connectivity index (χ1v) is 22.8. The third kappa shape index (κ3) is 35.6. The van der Waals surface area contributed by atoms with Gasteiger partial charge in [0.15, 0.2) is 0 Å². The molecular weight excluding hydrogens is 634 g/mol. The fourth-order valence-electron chi connectivity index (χ4n) is 7.20. The molecule has 0 rings (SSSR count). The van der Waals surface area contributed by atoms with Crippen LogP contribution in [-0.2, 0) is 14.3 Å². The summed E-state index contributed by atoms with van der Waals surface area (Å²) >= 11 is 0. The second-order valence-electron chi connectivity index (χ2n) is 15.8. The third-order valence-corrected chi connectivity index (χ3v) is 10.7. The minimum Gasteiger partial charge on any atom is -0.462 e. The van der Waals surface area contributed by atoms with E-state index < -0.39 is 18.2 Å². The Morgan fingerprint density at radius 1 is 0.490 bits per heavy atom. The molecule has 0 radical (unpaired) electrons. The second-order valence-corrected chi connectivity index (χ2v) is 15.8. The molecule has 0 fully saturated rings. The highest BCUT2D eigenvalue weighted by molar-refractivity contribution is 5.77. The highest BCUT2D eigenvalue weighted by atomic mass is 16.5. The number of unbranched alkanes of at least 4 members (excludes halogenated alkanes) is 29. The van der Waals surface area contributed by atoms with Gasteiger partial charge in [0, 0.05) is 6.42 Å². The smallest absolute Gasteiger partial charge is 0.306 e. The van der Waals surface area contributed by atoms with Gasteiger partial charge in [0.2, 0.25) is 5.91 Å². The zero-order chi connectivity index (χ0) is 37.5. The summed E-state index contributed by atoms with van der Waals surface area (Å²) in [5.74, 6) is -0.461. The molecule has 0 aromatic heterocycles. The van der Waals surface area contributed by atoms with Crippen molar-refractivity contribution in [3.63, 3.8) is 0 Å². The number of aliphatic hydroxyl groups excluding tert-OH is 2. The maximum absolute atomic E-state index is 13.1. The van der Waals surface area contributed by atoms with Gasteiger partial charge in [0.1, 0.15) is 6.10 Å². The molecule has 6 heteroatoms. The average Bonchev–Trinajstić information content (AvgIpc) is 3.12. The Kier molecular flexibility index (Phi) is 39.2. The number of hydrogen-bond acceptors (Lipinski definition) is 5. The Morgan fingerprint density at radius 2 is 0.824 bits per heavy atom. The van der Waals surface area contributed by atoms with Gasteiger partial charge in [-0.3, -0.25) is 9.59 Å². The molecule has 0 aliphatic rings. The molecule has 0 bridgehead atoms. The number of nitrogens with one attached hydrogen (secondary N) is 1.